The first-order valence-electron chi connectivity index (χ1n) is 6.98. The van der Waals surface area contributed by atoms with E-state index in [1.54, 1.807) is 30.3 Å². The molecule has 0 aliphatic carbocycles. The van der Waals surface area contributed by atoms with Crippen LogP contribution < -0.4 is 0 Å². The van der Waals surface area contributed by atoms with E-state index in [1.807, 2.05) is 0 Å². The van der Waals surface area contributed by atoms with Crippen molar-refractivity contribution in [2.45, 2.75) is 9.79 Å². The molecular weight excluding hydrogens is 368 g/mol. The summed E-state index contributed by atoms with van der Waals surface area (Å²) >= 11 is 0. The minimum absolute atomic E-state index is 0.0549. The second kappa shape index (κ2) is 4.79. The second-order valence-electron chi connectivity index (χ2n) is 5.64. The summed E-state index contributed by atoms with van der Waals surface area (Å²) in [6.45, 7) is 0. The molecule has 128 valence electrons. The molecule has 0 heterocycles. The summed E-state index contributed by atoms with van der Waals surface area (Å²) in [5.41, 5.74) is 0. The van der Waals surface area contributed by atoms with Crippen molar-refractivity contribution in [3.63, 3.8) is 0 Å². The van der Waals surface area contributed by atoms with Crippen LogP contribution in [0.4, 0.5) is 0 Å². The highest BCUT2D eigenvalue weighted by molar-refractivity contribution is 7.89. The van der Waals surface area contributed by atoms with E-state index in [-0.39, 0.29) is 16.2 Å². The molecule has 0 bridgehead atoms. The Labute approximate surface area is 142 Å². The lowest BCUT2D eigenvalue weighted by Gasteiger charge is -2.16. The van der Waals surface area contributed by atoms with Crippen LogP contribution in [0.15, 0.2) is 52.3 Å². The summed E-state index contributed by atoms with van der Waals surface area (Å²) in [5.74, 6) is -0.930. The highest BCUT2D eigenvalue weighted by Gasteiger charge is 2.32. The van der Waals surface area contributed by atoms with Crippen LogP contribution in [0.3, 0.4) is 0 Å². The van der Waals surface area contributed by atoms with Gasteiger partial charge in [-0.2, -0.15) is 16.8 Å². The molecule has 4 aromatic rings. The van der Waals surface area contributed by atoms with Gasteiger partial charge in [-0.1, -0.05) is 36.4 Å². The number of rotatable bonds is 2. The Kier molecular flexibility index (Phi) is 3.07. The van der Waals surface area contributed by atoms with E-state index in [4.69, 9.17) is 0 Å². The van der Waals surface area contributed by atoms with Crippen molar-refractivity contribution in [3.8, 4) is 5.75 Å². The molecule has 7 nitrogen and oxygen atoms in total. The van der Waals surface area contributed by atoms with Gasteiger partial charge in [-0.25, -0.2) is 0 Å². The largest absolute Gasteiger partial charge is 0.506 e. The molecular formula is C16H10O7S2. The minimum atomic E-state index is -5.13. The first-order chi connectivity index (χ1) is 11.6. The van der Waals surface area contributed by atoms with Crippen molar-refractivity contribution in [1.29, 1.82) is 0 Å². The van der Waals surface area contributed by atoms with Gasteiger partial charge in [-0.3, -0.25) is 9.11 Å². The maximum atomic E-state index is 11.9. The molecule has 0 fully saturated rings. The average Bonchev–Trinajstić information content (AvgIpc) is 2.51. The first kappa shape index (κ1) is 16.0. The Balaban J connectivity index is 2.48. The molecule has 9 heteroatoms. The third-order valence-electron chi connectivity index (χ3n) is 4.21. The number of phenolic OH excluding ortho intramolecular Hbond substituents is 1. The summed E-state index contributed by atoms with van der Waals surface area (Å²) in [6.07, 6.45) is 0. The average molecular weight is 378 g/mol. The van der Waals surface area contributed by atoms with E-state index in [1.165, 1.54) is 12.1 Å². The summed E-state index contributed by atoms with van der Waals surface area (Å²) in [5, 5.41) is 12.7. The summed E-state index contributed by atoms with van der Waals surface area (Å²) in [7, 11) is -10.2. The number of hydrogen-bond acceptors (Lipinski definition) is 5. The fourth-order valence-electron chi connectivity index (χ4n) is 3.32. The maximum absolute atomic E-state index is 11.9. The van der Waals surface area contributed by atoms with Crippen LogP contribution in [-0.2, 0) is 20.2 Å². The zero-order valence-corrected chi connectivity index (χ0v) is 14.0. The normalized spacial score (nSPS) is 13.2. The highest BCUT2D eigenvalue weighted by Crippen LogP contribution is 2.45. The third kappa shape index (κ3) is 2.17. The van der Waals surface area contributed by atoms with Crippen molar-refractivity contribution in [2.75, 3.05) is 0 Å². The smallest absolute Gasteiger partial charge is 0.299 e. The molecule has 25 heavy (non-hydrogen) atoms. The Morgan fingerprint density at radius 2 is 1.16 bits per heavy atom. The van der Waals surface area contributed by atoms with Crippen LogP contribution in [0.2, 0.25) is 0 Å². The van der Waals surface area contributed by atoms with E-state index in [9.17, 15) is 31.0 Å². The zero-order chi connectivity index (χ0) is 18.1. The molecule has 0 aromatic heterocycles. The van der Waals surface area contributed by atoms with Crippen molar-refractivity contribution >= 4 is 52.6 Å². The highest BCUT2D eigenvalue weighted by atomic mass is 32.2. The monoisotopic (exact) mass is 378 g/mol. The number of benzene rings is 4. The van der Waals surface area contributed by atoms with Gasteiger partial charge in [0, 0.05) is 16.2 Å². The number of aromatic hydroxyl groups is 1. The fourth-order valence-corrected chi connectivity index (χ4v) is 5.43. The number of hydrogen-bond donors (Lipinski definition) is 3. The van der Waals surface area contributed by atoms with Gasteiger partial charge in [0.15, 0.2) is 4.90 Å². The van der Waals surface area contributed by atoms with Crippen molar-refractivity contribution < 1.29 is 31.0 Å². The number of phenols is 1. The maximum Gasteiger partial charge on any atom is 0.299 e. The van der Waals surface area contributed by atoms with Crippen LogP contribution in [0.5, 0.6) is 5.75 Å². The van der Waals surface area contributed by atoms with Gasteiger partial charge in [0.05, 0.1) is 0 Å². The SMILES string of the molecule is O=S(=O)(O)c1c(O)c2ccc3cccc4ccc(c1S(=O)(=O)O)c2c34. The van der Waals surface area contributed by atoms with Gasteiger partial charge in [-0.15, -0.1) is 0 Å². The van der Waals surface area contributed by atoms with E-state index in [2.05, 4.69) is 0 Å². The zero-order valence-electron chi connectivity index (χ0n) is 12.3. The van der Waals surface area contributed by atoms with E-state index < -0.39 is 35.8 Å². The Morgan fingerprint density at radius 3 is 1.68 bits per heavy atom. The van der Waals surface area contributed by atoms with Gasteiger partial charge in [0.1, 0.15) is 10.6 Å². The Hall–Kier alpha value is -2.46. The molecule has 0 saturated heterocycles. The minimum Gasteiger partial charge on any atom is -0.506 e. The van der Waals surface area contributed by atoms with Crippen LogP contribution in [0.1, 0.15) is 0 Å². The van der Waals surface area contributed by atoms with Crippen LogP contribution in [-0.4, -0.2) is 31.0 Å². The molecule has 3 N–H and O–H groups in total. The molecule has 0 aliphatic rings. The molecule has 0 unspecified atom stereocenters. The van der Waals surface area contributed by atoms with Crippen LogP contribution in [0.25, 0.3) is 32.3 Å². The topological polar surface area (TPSA) is 129 Å². The third-order valence-corrected chi connectivity index (χ3v) is 6.20. The quantitative estimate of drug-likeness (QED) is 0.361. The Bertz CT molecular complexity index is 1370. The Morgan fingerprint density at radius 1 is 0.640 bits per heavy atom. The van der Waals surface area contributed by atoms with E-state index in [0.717, 1.165) is 10.8 Å². The molecule has 0 amide bonds. The van der Waals surface area contributed by atoms with Gasteiger partial charge in [0.2, 0.25) is 0 Å². The van der Waals surface area contributed by atoms with Gasteiger partial charge in [-0.05, 0) is 22.2 Å². The van der Waals surface area contributed by atoms with Crippen molar-refractivity contribution in [1.82, 2.24) is 0 Å². The summed E-state index contributed by atoms with van der Waals surface area (Å²) in [6, 6.07) is 11.3. The molecule has 0 saturated carbocycles. The summed E-state index contributed by atoms with van der Waals surface area (Å²) < 4.78 is 66.2. The predicted molar refractivity (Wildman–Crippen MR) is 91.4 cm³/mol. The molecule has 4 aromatic carbocycles. The van der Waals surface area contributed by atoms with Crippen LogP contribution in [0, 0.1) is 0 Å². The molecule has 0 radical (unpaired) electrons. The van der Waals surface area contributed by atoms with Crippen molar-refractivity contribution in [2.24, 2.45) is 0 Å². The van der Waals surface area contributed by atoms with Gasteiger partial charge in [0.25, 0.3) is 20.2 Å². The van der Waals surface area contributed by atoms with E-state index in [0.29, 0.717) is 5.39 Å². The lowest BCUT2D eigenvalue weighted by Crippen LogP contribution is -2.10. The molecule has 0 spiro atoms. The van der Waals surface area contributed by atoms with Gasteiger partial charge >= 0.3 is 0 Å². The van der Waals surface area contributed by atoms with E-state index >= 15 is 0 Å². The van der Waals surface area contributed by atoms with Gasteiger partial charge < -0.3 is 5.11 Å². The van der Waals surface area contributed by atoms with Crippen molar-refractivity contribution in [3.05, 3.63) is 42.5 Å². The lowest BCUT2D eigenvalue weighted by molar-refractivity contribution is 0.436. The standard InChI is InChI=1S/C16H10O7S2/c17-14-10-6-4-8-2-1-3-9-5-7-11(13(10)12(8)9)15(24(18,19)20)16(14)25(21,22)23/h1-7,17H,(H,18,19,20)(H,21,22,23). The van der Waals surface area contributed by atoms with Crippen LogP contribution >= 0.6 is 0 Å². The lowest BCUT2D eigenvalue weighted by atomic mass is 9.94. The molecule has 0 aliphatic heterocycles. The molecule has 0 atom stereocenters. The molecule has 4 rings (SSSR count). The first-order valence-corrected chi connectivity index (χ1v) is 9.86. The summed E-state index contributed by atoms with van der Waals surface area (Å²) in [4.78, 5) is -2.28. The predicted octanol–water partition coefficient (Wildman–Crippen LogP) is 2.78. The fraction of sp³-hybridized carbons (Fsp3) is 0. The second-order valence-corrected chi connectivity index (χ2v) is 8.35.